The van der Waals surface area contributed by atoms with Gasteiger partial charge in [0.1, 0.15) is 7.14 Å². The Morgan fingerprint density at radius 1 is 0.556 bits per heavy atom. The van der Waals surface area contributed by atoms with Crippen LogP contribution in [0, 0.1) is 0 Å². The first-order valence-electron chi connectivity index (χ1n) is 11.0. The van der Waals surface area contributed by atoms with Crippen molar-refractivity contribution in [3.05, 3.63) is 60.7 Å². The van der Waals surface area contributed by atoms with E-state index >= 15 is 0 Å². The van der Waals surface area contributed by atoms with Crippen molar-refractivity contribution in [2.75, 3.05) is 6.16 Å². The molecule has 148 valence electrons. The zero-order valence-corrected chi connectivity index (χ0v) is 18.0. The number of rotatable bonds is 14. The van der Waals surface area contributed by atoms with Crippen LogP contribution in [0.25, 0.3) is 0 Å². The summed E-state index contributed by atoms with van der Waals surface area (Å²) in [6.45, 7) is 2.27. The van der Waals surface area contributed by atoms with E-state index in [1.807, 2.05) is 60.7 Å². The van der Waals surface area contributed by atoms with Crippen LogP contribution in [0.3, 0.4) is 0 Å². The third kappa shape index (κ3) is 7.67. The Hall–Kier alpha value is -1.33. The fourth-order valence-corrected chi connectivity index (χ4v) is 6.53. The summed E-state index contributed by atoms with van der Waals surface area (Å²) in [6.07, 6.45) is 15.3. The van der Waals surface area contributed by atoms with E-state index < -0.39 is 7.14 Å². The maximum Gasteiger partial charge on any atom is 0.143 e. The third-order valence-electron chi connectivity index (χ3n) is 5.42. The van der Waals surface area contributed by atoms with Crippen molar-refractivity contribution in [1.29, 1.82) is 0 Å². The van der Waals surface area contributed by atoms with Gasteiger partial charge in [-0.05, 0) is 6.42 Å². The Kier molecular flexibility index (Phi) is 10.5. The molecule has 0 bridgehead atoms. The minimum Gasteiger partial charge on any atom is -0.314 e. The highest BCUT2D eigenvalue weighted by atomic mass is 31.2. The van der Waals surface area contributed by atoms with Crippen LogP contribution in [0.1, 0.15) is 77.6 Å². The first-order chi connectivity index (χ1) is 13.3. The van der Waals surface area contributed by atoms with Crippen LogP contribution in [0.5, 0.6) is 0 Å². The maximum atomic E-state index is 13.9. The quantitative estimate of drug-likeness (QED) is 0.246. The van der Waals surface area contributed by atoms with Gasteiger partial charge in [0, 0.05) is 16.8 Å². The summed E-state index contributed by atoms with van der Waals surface area (Å²) >= 11 is 0. The van der Waals surface area contributed by atoms with E-state index in [0.29, 0.717) is 0 Å². The predicted octanol–water partition coefficient (Wildman–Crippen LogP) is 7.31. The maximum absolute atomic E-state index is 13.9. The van der Waals surface area contributed by atoms with E-state index in [9.17, 15) is 4.57 Å². The van der Waals surface area contributed by atoms with Crippen molar-refractivity contribution in [3.8, 4) is 0 Å². The van der Waals surface area contributed by atoms with E-state index in [1.165, 1.54) is 64.2 Å². The summed E-state index contributed by atoms with van der Waals surface area (Å²) in [5.74, 6) is 0. The van der Waals surface area contributed by atoms with Crippen LogP contribution in [0.15, 0.2) is 60.7 Å². The summed E-state index contributed by atoms with van der Waals surface area (Å²) in [7, 11) is -2.50. The van der Waals surface area contributed by atoms with Crippen LogP contribution in [-0.2, 0) is 4.57 Å². The lowest BCUT2D eigenvalue weighted by Gasteiger charge is -2.19. The molecule has 0 unspecified atom stereocenters. The highest BCUT2D eigenvalue weighted by molar-refractivity contribution is 7.78. The molecule has 0 aliphatic carbocycles. The molecule has 0 atom stereocenters. The van der Waals surface area contributed by atoms with Gasteiger partial charge in [-0.2, -0.15) is 0 Å². The van der Waals surface area contributed by atoms with Crippen LogP contribution < -0.4 is 10.6 Å². The van der Waals surface area contributed by atoms with Gasteiger partial charge in [0.15, 0.2) is 0 Å². The zero-order valence-electron chi connectivity index (χ0n) is 17.1. The molecule has 0 spiro atoms. The molecule has 0 heterocycles. The van der Waals surface area contributed by atoms with Crippen LogP contribution in [-0.4, -0.2) is 6.16 Å². The molecule has 2 aromatic carbocycles. The number of benzene rings is 2. The molecule has 0 saturated carbocycles. The smallest absolute Gasteiger partial charge is 0.143 e. The van der Waals surface area contributed by atoms with Gasteiger partial charge in [0.05, 0.1) is 0 Å². The van der Waals surface area contributed by atoms with Gasteiger partial charge in [-0.3, -0.25) is 0 Å². The Bertz CT molecular complexity index is 607. The van der Waals surface area contributed by atoms with Crippen molar-refractivity contribution in [2.45, 2.75) is 77.6 Å². The van der Waals surface area contributed by atoms with Gasteiger partial charge < -0.3 is 4.57 Å². The lowest BCUT2D eigenvalue weighted by molar-refractivity contribution is 0.552. The fourth-order valence-electron chi connectivity index (χ4n) is 3.74. The Morgan fingerprint density at radius 3 is 1.33 bits per heavy atom. The van der Waals surface area contributed by atoms with Gasteiger partial charge in [-0.1, -0.05) is 132 Å². The standard InChI is InChI=1S/C25H37OP/c1-2-3-4-5-6-7-8-9-10-11-18-23-27(26,24-19-14-12-15-20-24)25-21-16-13-17-22-25/h12-17,19-22H,2-11,18,23H2,1H3. The highest BCUT2D eigenvalue weighted by Crippen LogP contribution is 2.44. The van der Waals surface area contributed by atoms with E-state index in [2.05, 4.69) is 6.92 Å². The molecule has 2 heteroatoms. The molecule has 0 saturated heterocycles. The molecule has 0 N–H and O–H groups in total. The topological polar surface area (TPSA) is 17.1 Å². The predicted molar refractivity (Wildman–Crippen MR) is 121 cm³/mol. The van der Waals surface area contributed by atoms with Gasteiger partial charge in [0.2, 0.25) is 0 Å². The fraction of sp³-hybridized carbons (Fsp3) is 0.520. The molecule has 0 aliphatic rings. The van der Waals surface area contributed by atoms with Gasteiger partial charge in [0.25, 0.3) is 0 Å². The number of hydrogen-bond acceptors (Lipinski definition) is 1. The molecule has 27 heavy (non-hydrogen) atoms. The van der Waals surface area contributed by atoms with E-state index in [1.54, 1.807) is 0 Å². The molecular formula is C25H37OP. The lowest BCUT2D eigenvalue weighted by atomic mass is 10.1. The monoisotopic (exact) mass is 384 g/mol. The molecule has 0 fully saturated rings. The van der Waals surface area contributed by atoms with Gasteiger partial charge in [-0.25, -0.2) is 0 Å². The second kappa shape index (κ2) is 12.9. The molecule has 1 nitrogen and oxygen atoms in total. The molecular weight excluding hydrogens is 347 g/mol. The SMILES string of the molecule is CCCCCCCCCCCCCP(=O)(c1ccccc1)c1ccccc1. The molecule has 0 radical (unpaired) electrons. The second-order valence-corrected chi connectivity index (χ2v) is 10.6. The molecule has 0 aromatic heterocycles. The Morgan fingerprint density at radius 2 is 0.926 bits per heavy atom. The molecule has 2 rings (SSSR count). The normalized spacial score (nSPS) is 11.6. The number of hydrogen-bond donors (Lipinski definition) is 0. The minimum absolute atomic E-state index is 0.790. The Balaban J connectivity index is 1.74. The average Bonchev–Trinajstić information content (AvgIpc) is 2.73. The summed E-state index contributed by atoms with van der Waals surface area (Å²) in [6, 6.07) is 20.2. The van der Waals surface area contributed by atoms with E-state index in [0.717, 1.165) is 23.2 Å². The van der Waals surface area contributed by atoms with Gasteiger partial charge >= 0.3 is 0 Å². The molecule has 2 aromatic rings. The first kappa shape index (κ1) is 22.0. The first-order valence-corrected chi connectivity index (χ1v) is 12.9. The van der Waals surface area contributed by atoms with E-state index in [4.69, 9.17) is 0 Å². The number of unbranched alkanes of at least 4 members (excludes halogenated alkanes) is 10. The Labute approximate surface area is 167 Å². The zero-order chi connectivity index (χ0) is 19.2. The minimum atomic E-state index is -2.50. The summed E-state index contributed by atoms with van der Waals surface area (Å²) in [5.41, 5.74) is 0. The van der Waals surface area contributed by atoms with Crippen LogP contribution >= 0.6 is 7.14 Å². The van der Waals surface area contributed by atoms with Crippen molar-refractivity contribution < 1.29 is 4.57 Å². The van der Waals surface area contributed by atoms with Crippen molar-refractivity contribution in [2.24, 2.45) is 0 Å². The highest BCUT2D eigenvalue weighted by Gasteiger charge is 2.26. The van der Waals surface area contributed by atoms with E-state index in [-0.39, 0.29) is 0 Å². The average molecular weight is 385 g/mol. The molecule has 0 amide bonds. The molecule has 0 aliphatic heterocycles. The van der Waals surface area contributed by atoms with Crippen molar-refractivity contribution >= 4 is 17.8 Å². The van der Waals surface area contributed by atoms with Crippen molar-refractivity contribution in [1.82, 2.24) is 0 Å². The van der Waals surface area contributed by atoms with Crippen LogP contribution in [0.4, 0.5) is 0 Å². The second-order valence-electron chi connectivity index (χ2n) is 7.67. The summed E-state index contributed by atoms with van der Waals surface area (Å²) in [4.78, 5) is 0. The van der Waals surface area contributed by atoms with Crippen LogP contribution in [0.2, 0.25) is 0 Å². The van der Waals surface area contributed by atoms with Crippen molar-refractivity contribution in [3.63, 3.8) is 0 Å². The van der Waals surface area contributed by atoms with Gasteiger partial charge in [-0.15, -0.1) is 0 Å². The largest absolute Gasteiger partial charge is 0.314 e. The lowest BCUT2D eigenvalue weighted by Crippen LogP contribution is -2.18. The third-order valence-corrected chi connectivity index (χ3v) is 8.63. The summed E-state index contributed by atoms with van der Waals surface area (Å²) in [5, 5.41) is 2.01. The summed E-state index contributed by atoms with van der Waals surface area (Å²) < 4.78 is 13.9.